The van der Waals surface area contributed by atoms with Crippen LogP contribution in [0.3, 0.4) is 0 Å². The summed E-state index contributed by atoms with van der Waals surface area (Å²) in [6, 6.07) is 31.6. The standard InChI is InChI=1S/C37H29NS2/c1-24-27(31-14-8-15-32-30-12-4-7-18-36(30)40-37(31)32)13-9-19-35(24)39-26-22-20-25(21-23-26)38-33-16-5-2-10-28(33)29-11-3-6-17-34(29)38/h2,4-10,13-23,30H,3,11-12H2,1H3. The van der Waals surface area contributed by atoms with E-state index in [1.807, 2.05) is 23.5 Å². The summed E-state index contributed by atoms with van der Waals surface area (Å²) in [7, 11) is 0. The fourth-order valence-corrected chi connectivity index (χ4v) is 8.84. The lowest BCUT2D eigenvalue weighted by molar-refractivity contribution is 0.838. The maximum absolute atomic E-state index is 2.43. The molecular weight excluding hydrogens is 523 g/mol. The zero-order valence-corrected chi connectivity index (χ0v) is 24.1. The molecule has 2 aliphatic carbocycles. The number of thioether (sulfide) groups is 1. The first-order valence-corrected chi connectivity index (χ1v) is 15.7. The molecule has 1 aliphatic heterocycles. The third-order valence-corrected chi connectivity index (χ3v) is 11.0. The van der Waals surface area contributed by atoms with E-state index in [1.165, 1.54) is 69.7 Å². The Morgan fingerprint density at radius 1 is 0.850 bits per heavy atom. The molecule has 8 rings (SSSR count). The van der Waals surface area contributed by atoms with Crippen molar-refractivity contribution < 1.29 is 0 Å². The van der Waals surface area contributed by atoms with Crippen molar-refractivity contribution in [1.29, 1.82) is 0 Å². The van der Waals surface area contributed by atoms with Crippen LogP contribution in [0.4, 0.5) is 0 Å². The van der Waals surface area contributed by atoms with Crippen molar-refractivity contribution in [3.05, 3.63) is 137 Å². The third kappa shape index (κ3) is 3.87. The van der Waals surface area contributed by atoms with Crippen molar-refractivity contribution in [2.75, 3.05) is 0 Å². The summed E-state index contributed by atoms with van der Waals surface area (Å²) in [5, 5.41) is 1.38. The van der Waals surface area contributed by atoms with Gasteiger partial charge in [-0.15, -0.1) is 0 Å². The van der Waals surface area contributed by atoms with Gasteiger partial charge in [0.2, 0.25) is 0 Å². The fourth-order valence-electron chi connectivity index (χ4n) is 6.54. The molecule has 2 heterocycles. The molecule has 0 saturated carbocycles. The van der Waals surface area contributed by atoms with Gasteiger partial charge in [0.25, 0.3) is 0 Å². The largest absolute Gasteiger partial charge is 0.310 e. The van der Waals surface area contributed by atoms with Crippen LogP contribution in [-0.4, -0.2) is 4.57 Å². The van der Waals surface area contributed by atoms with Gasteiger partial charge in [0.15, 0.2) is 0 Å². The summed E-state index contributed by atoms with van der Waals surface area (Å²) in [6.07, 6.45) is 14.8. The molecule has 0 saturated heterocycles. The Hall–Kier alpha value is -3.66. The van der Waals surface area contributed by atoms with E-state index in [9.17, 15) is 0 Å². The molecule has 0 spiro atoms. The smallest absolute Gasteiger partial charge is 0.0537 e. The minimum atomic E-state index is 0.528. The highest BCUT2D eigenvalue weighted by Gasteiger charge is 2.30. The van der Waals surface area contributed by atoms with E-state index < -0.39 is 0 Å². The number of nitrogens with zero attached hydrogens (tertiary/aromatic N) is 1. The summed E-state index contributed by atoms with van der Waals surface area (Å²) >= 11 is 3.83. The predicted molar refractivity (Wildman–Crippen MR) is 172 cm³/mol. The summed E-state index contributed by atoms with van der Waals surface area (Å²) in [5.74, 6) is 0.528. The van der Waals surface area contributed by atoms with Crippen LogP contribution in [0.15, 0.2) is 129 Å². The number of aryl methyl sites for hydroxylation is 1. The van der Waals surface area contributed by atoms with Crippen molar-refractivity contribution in [1.82, 2.24) is 4.57 Å². The quantitative estimate of drug-likeness (QED) is 0.219. The average Bonchev–Trinajstić information content (AvgIpc) is 3.55. The molecule has 0 N–H and O–H groups in total. The van der Waals surface area contributed by atoms with Gasteiger partial charge >= 0.3 is 0 Å². The first kappa shape index (κ1) is 24.2. The average molecular weight is 552 g/mol. The second-order valence-electron chi connectivity index (χ2n) is 10.8. The normalized spacial score (nSPS) is 17.0. The Morgan fingerprint density at radius 2 is 1.70 bits per heavy atom. The number of allylic oxidation sites excluding steroid dienone is 5. The van der Waals surface area contributed by atoms with E-state index in [-0.39, 0.29) is 0 Å². The van der Waals surface area contributed by atoms with Gasteiger partial charge in [-0.25, -0.2) is 0 Å². The molecule has 1 atom stereocenters. The number of benzene rings is 4. The van der Waals surface area contributed by atoms with E-state index in [0.717, 1.165) is 19.3 Å². The Labute approximate surface area is 244 Å². The lowest BCUT2D eigenvalue weighted by Crippen LogP contribution is -2.00. The Kier molecular flexibility index (Phi) is 5.90. The minimum absolute atomic E-state index is 0.528. The Morgan fingerprint density at radius 3 is 2.62 bits per heavy atom. The van der Waals surface area contributed by atoms with Crippen molar-refractivity contribution in [3.8, 4) is 16.8 Å². The van der Waals surface area contributed by atoms with Crippen LogP contribution in [0, 0.1) is 6.92 Å². The Balaban J connectivity index is 1.12. The zero-order chi connectivity index (χ0) is 26.6. The summed E-state index contributed by atoms with van der Waals surface area (Å²) in [4.78, 5) is 5.50. The SMILES string of the molecule is Cc1c(Sc2ccc(-n3c4c(c5ccccc53)CCC=C4)cc2)cccc1-c1cccc2c1SC1=CC=CCC12. The van der Waals surface area contributed by atoms with Gasteiger partial charge in [0.1, 0.15) is 0 Å². The van der Waals surface area contributed by atoms with Gasteiger partial charge in [0, 0.05) is 37.4 Å². The van der Waals surface area contributed by atoms with Gasteiger partial charge in [-0.05, 0) is 101 Å². The second-order valence-corrected chi connectivity index (χ2v) is 13.0. The van der Waals surface area contributed by atoms with Crippen molar-refractivity contribution in [2.24, 2.45) is 0 Å². The number of aromatic nitrogens is 1. The highest BCUT2D eigenvalue weighted by atomic mass is 32.2. The van der Waals surface area contributed by atoms with Crippen molar-refractivity contribution in [3.63, 3.8) is 0 Å². The topological polar surface area (TPSA) is 4.93 Å². The van der Waals surface area contributed by atoms with E-state index in [2.05, 4.69) is 127 Å². The predicted octanol–water partition coefficient (Wildman–Crippen LogP) is 10.7. The van der Waals surface area contributed by atoms with Crippen LogP contribution in [0.25, 0.3) is 33.8 Å². The maximum Gasteiger partial charge on any atom is 0.0537 e. The van der Waals surface area contributed by atoms with Crippen LogP contribution in [0.5, 0.6) is 0 Å². The number of para-hydroxylation sites is 1. The summed E-state index contributed by atoms with van der Waals surface area (Å²) < 4.78 is 2.43. The van der Waals surface area contributed by atoms with Crippen molar-refractivity contribution >= 4 is 40.5 Å². The second kappa shape index (κ2) is 9.76. The molecule has 1 unspecified atom stereocenters. The zero-order valence-electron chi connectivity index (χ0n) is 22.4. The number of fused-ring (bicyclic) bond motifs is 6. The highest BCUT2D eigenvalue weighted by molar-refractivity contribution is 8.03. The van der Waals surface area contributed by atoms with Crippen molar-refractivity contribution in [2.45, 2.75) is 46.8 Å². The molecule has 0 radical (unpaired) electrons. The van der Waals surface area contributed by atoms with E-state index in [0.29, 0.717) is 5.92 Å². The lowest BCUT2D eigenvalue weighted by Gasteiger charge is -2.15. The van der Waals surface area contributed by atoms with Crippen LogP contribution in [-0.2, 0) is 6.42 Å². The molecule has 3 heteroatoms. The third-order valence-electron chi connectivity index (χ3n) is 8.51. The molecule has 5 aromatic rings. The highest BCUT2D eigenvalue weighted by Crippen LogP contribution is 2.55. The van der Waals surface area contributed by atoms with E-state index in [1.54, 1.807) is 0 Å². The van der Waals surface area contributed by atoms with Gasteiger partial charge in [-0.1, -0.05) is 96.4 Å². The maximum atomic E-state index is 2.43. The molecule has 0 fully saturated rings. The molecule has 0 amide bonds. The molecule has 194 valence electrons. The van der Waals surface area contributed by atoms with Gasteiger partial charge in [-0.3, -0.25) is 0 Å². The van der Waals surface area contributed by atoms with Crippen LogP contribution in [0.1, 0.15) is 41.1 Å². The van der Waals surface area contributed by atoms with E-state index >= 15 is 0 Å². The Bertz CT molecular complexity index is 1880. The molecule has 40 heavy (non-hydrogen) atoms. The first-order chi connectivity index (χ1) is 19.8. The van der Waals surface area contributed by atoms with Crippen LogP contribution < -0.4 is 0 Å². The minimum Gasteiger partial charge on any atom is -0.310 e. The first-order valence-electron chi connectivity index (χ1n) is 14.1. The molecule has 0 bridgehead atoms. The van der Waals surface area contributed by atoms with Gasteiger partial charge in [-0.2, -0.15) is 0 Å². The molecular formula is C37H29NS2. The van der Waals surface area contributed by atoms with E-state index in [4.69, 9.17) is 0 Å². The summed E-state index contributed by atoms with van der Waals surface area (Å²) in [5.41, 5.74) is 10.9. The fraction of sp³-hybridized carbons (Fsp3) is 0.135. The molecule has 1 aromatic heterocycles. The monoisotopic (exact) mass is 551 g/mol. The number of hydrogen-bond acceptors (Lipinski definition) is 2. The van der Waals surface area contributed by atoms with Crippen LogP contribution in [0.2, 0.25) is 0 Å². The lowest BCUT2D eigenvalue weighted by atomic mass is 9.90. The summed E-state index contributed by atoms with van der Waals surface area (Å²) in [6.45, 7) is 2.28. The molecule has 4 aromatic carbocycles. The molecule has 3 aliphatic rings. The van der Waals surface area contributed by atoms with Gasteiger partial charge < -0.3 is 4.57 Å². The molecule has 1 nitrogen and oxygen atoms in total. The number of rotatable bonds is 4. The number of hydrogen-bond donors (Lipinski definition) is 0. The van der Waals surface area contributed by atoms with Gasteiger partial charge in [0.05, 0.1) is 5.52 Å². The van der Waals surface area contributed by atoms with Crippen LogP contribution >= 0.6 is 23.5 Å².